The minimum atomic E-state index is -5.12. The maximum absolute atomic E-state index is 14.0. The zero-order chi connectivity index (χ0) is 39.6. The van der Waals surface area contributed by atoms with Crippen LogP contribution in [0.25, 0.3) is 0 Å². The molecule has 1 aliphatic carbocycles. The van der Waals surface area contributed by atoms with Crippen molar-refractivity contribution in [2.24, 2.45) is 0 Å². The number of ether oxygens (including phenoxy) is 2. The van der Waals surface area contributed by atoms with E-state index in [1.165, 1.54) is 35.4 Å². The van der Waals surface area contributed by atoms with Crippen LogP contribution in [-0.2, 0) is 44.1 Å². The van der Waals surface area contributed by atoms with Gasteiger partial charge in [0.1, 0.15) is 24.8 Å². The number of nitrogens with zero attached hydrogens (tertiary/aromatic N) is 3. The second kappa shape index (κ2) is 16.2. The van der Waals surface area contributed by atoms with E-state index in [2.05, 4.69) is 22.3 Å². The lowest BCUT2D eigenvalue weighted by Gasteiger charge is -2.44. The van der Waals surface area contributed by atoms with Crippen LogP contribution in [0.4, 0.5) is 30.7 Å². The molecule has 3 aliphatic rings. The predicted octanol–water partition coefficient (Wildman–Crippen LogP) is 6.62. The van der Waals surface area contributed by atoms with Crippen molar-refractivity contribution in [3.63, 3.8) is 0 Å². The molecule has 55 heavy (non-hydrogen) atoms. The number of carbonyl (C=O) groups is 2. The first-order valence-corrected chi connectivity index (χ1v) is 18.3. The number of piperidine rings is 1. The molecule has 2 atom stereocenters. The molecule has 2 aliphatic heterocycles. The monoisotopic (exact) mass is 778 g/mol. The first-order chi connectivity index (χ1) is 26.0. The quantitative estimate of drug-likeness (QED) is 0.165. The molecule has 2 saturated heterocycles. The van der Waals surface area contributed by atoms with E-state index < -0.39 is 53.1 Å². The van der Waals surface area contributed by atoms with Crippen molar-refractivity contribution in [1.82, 2.24) is 20.0 Å². The molecule has 0 radical (unpaired) electrons. The van der Waals surface area contributed by atoms with Crippen LogP contribution >= 0.6 is 0 Å². The molecule has 2 amide bonds. The number of alkyl halides is 6. The van der Waals surface area contributed by atoms with E-state index in [-0.39, 0.29) is 36.6 Å². The highest BCUT2D eigenvalue weighted by molar-refractivity contribution is 5.95. The van der Waals surface area contributed by atoms with Gasteiger partial charge in [-0.1, -0.05) is 36.4 Å². The second-order valence-electron chi connectivity index (χ2n) is 14.8. The predicted molar refractivity (Wildman–Crippen MR) is 190 cm³/mol. The largest absolute Gasteiger partial charge is 0.416 e. The average Bonchev–Trinajstić information content (AvgIpc) is 3.73. The van der Waals surface area contributed by atoms with Crippen molar-refractivity contribution in [2.45, 2.75) is 61.6 Å². The molecule has 0 aromatic heterocycles. The van der Waals surface area contributed by atoms with Gasteiger partial charge in [0.05, 0.1) is 23.8 Å². The van der Waals surface area contributed by atoms with Crippen LogP contribution in [0.15, 0.2) is 66.7 Å². The summed E-state index contributed by atoms with van der Waals surface area (Å²) in [7, 11) is 3.64. The minimum absolute atomic E-state index is 0.0207. The number of amides is 2. The summed E-state index contributed by atoms with van der Waals surface area (Å²) in [5.74, 6) is -1.64. The Balaban J connectivity index is 1.16. The van der Waals surface area contributed by atoms with Gasteiger partial charge in [-0.3, -0.25) is 9.59 Å². The standard InChI is InChI=1S/C40H45F7N4O4/c1-48-15-5-16-49(2)35(52)24-54-34-22-27-6-3-4-7-33(27)37(34)12-17-50(18-13-37)19-14-38(29-8-10-32(41)11-9-29)25-51(26-55-38)36(53)28-20-30(39(42,43)44)23-31(21-28)40(45,46)47/h3-4,6-11,20-21,23,34,48H,5,12-19,22,24-26H2,1-2H3/t34-,38-/m0/s1. The molecular weight excluding hydrogens is 733 g/mol. The number of likely N-dealkylation sites (tertiary alicyclic amines) is 1. The fraction of sp³-hybridized carbons (Fsp3) is 0.500. The molecule has 6 rings (SSSR count). The van der Waals surface area contributed by atoms with E-state index in [4.69, 9.17) is 9.47 Å². The van der Waals surface area contributed by atoms with E-state index in [1.807, 2.05) is 19.2 Å². The summed E-state index contributed by atoms with van der Waals surface area (Å²) in [4.78, 5) is 31.5. The molecule has 8 nitrogen and oxygen atoms in total. The number of halogens is 7. The summed E-state index contributed by atoms with van der Waals surface area (Å²) >= 11 is 0. The molecule has 3 aromatic carbocycles. The topological polar surface area (TPSA) is 74.4 Å². The van der Waals surface area contributed by atoms with E-state index in [0.29, 0.717) is 56.7 Å². The fourth-order valence-corrected chi connectivity index (χ4v) is 8.19. The molecule has 0 saturated carbocycles. The number of carbonyl (C=O) groups excluding carboxylic acids is 2. The Morgan fingerprint density at radius 3 is 2.25 bits per heavy atom. The van der Waals surface area contributed by atoms with Gasteiger partial charge in [0.25, 0.3) is 5.91 Å². The molecule has 0 bridgehead atoms. The van der Waals surface area contributed by atoms with Gasteiger partial charge in [0.2, 0.25) is 5.91 Å². The zero-order valence-corrected chi connectivity index (χ0v) is 30.7. The lowest BCUT2D eigenvalue weighted by molar-refractivity contribution is -0.143. The van der Waals surface area contributed by atoms with Crippen molar-refractivity contribution in [3.8, 4) is 0 Å². The van der Waals surface area contributed by atoms with Crippen molar-refractivity contribution >= 4 is 11.8 Å². The van der Waals surface area contributed by atoms with Gasteiger partial charge >= 0.3 is 12.4 Å². The van der Waals surface area contributed by atoms with E-state index in [0.717, 1.165) is 30.7 Å². The smallest absolute Gasteiger partial charge is 0.367 e. The summed E-state index contributed by atoms with van der Waals surface area (Å²) in [6.45, 7) is 2.63. The molecule has 298 valence electrons. The third-order valence-electron chi connectivity index (χ3n) is 11.3. The molecule has 2 fully saturated rings. The zero-order valence-electron chi connectivity index (χ0n) is 30.7. The Bertz CT molecular complexity index is 1800. The number of nitrogens with one attached hydrogen (secondary N) is 1. The maximum atomic E-state index is 14.0. The lowest BCUT2D eigenvalue weighted by Crippen LogP contribution is -2.50. The lowest BCUT2D eigenvalue weighted by atomic mass is 9.72. The highest BCUT2D eigenvalue weighted by Crippen LogP contribution is 2.48. The van der Waals surface area contributed by atoms with Crippen molar-refractivity contribution in [1.29, 1.82) is 0 Å². The minimum Gasteiger partial charge on any atom is -0.367 e. The van der Waals surface area contributed by atoms with Crippen LogP contribution in [0.5, 0.6) is 0 Å². The summed E-state index contributed by atoms with van der Waals surface area (Å²) in [6, 6.07) is 14.5. The number of fused-ring (bicyclic) bond motifs is 2. The van der Waals surface area contributed by atoms with Crippen LogP contribution in [-0.4, -0.2) is 99.3 Å². The highest BCUT2D eigenvalue weighted by Gasteiger charge is 2.50. The van der Waals surface area contributed by atoms with Crippen LogP contribution in [0.3, 0.4) is 0 Å². The normalized spacial score (nSPS) is 21.3. The third-order valence-corrected chi connectivity index (χ3v) is 11.3. The van der Waals surface area contributed by atoms with Crippen LogP contribution < -0.4 is 5.32 Å². The molecule has 1 N–H and O–H groups in total. The Morgan fingerprint density at radius 1 is 0.964 bits per heavy atom. The molecule has 1 spiro atoms. The van der Waals surface area contributed by atoms with Gasteiger partial charge in [-0.05, 0) is 106 Å². The maximum Gasteiger partial charge on any atom is 0.416 e. The first-order valence-electron chi connectivity index (χ1n) is 18.3. The summed E-state index contributed by atoms with van der Waals surface area (Å²) in [5.41, 5.74) is -2.52. The van der Waals surface area contributed by atoms with E-state index >= 15 is 0 Å². The molecular formula is C40H45F7N4O4. The number of rotatable bonds is 12. The van der Waals surface area contributed by atoms with Gasteiger partial charge in [0, 0.05) is 31.1 Å². The second-order valence-corrected chi connectivity index (χ2v) is 14.8. The number of hydrogen-bond donors (Lipinski definition) is 1. The van der Waals surface area contributed by atoms with Gasteiger partial charge in [-0.25, -0.2) is 4.39 Å². The molecule has 0 unspecified atom stereocenters. The van der Waals surface area contributed by atoms with Gasteiger partial charge in [-0.15, -0.1) is 0 Å². The number of benzene rings is 3. The Labute approximate surface area is 315 Å². The van der Waals surface area contributed by atoms with Crippen LogP contribution in [0.2, 0.25) is 0 Å². The third kappa shape index (κ3) is 8.84. The molecule has 3 aromatic rings. The Kier molecular flexibility index (Phi) is 12.0. The summed E-state index contributed by atoms with van der Waals surface area (Å²) < 4.78 is 108. The first kappa shape index (κ1) is 40.6. The van der Waals surface area contributed by atoms with E-state index in [1.54, 1.807) is 11.9 Å². The van der Waals surface area contributed by atoms with Crippen molar-refractivity contribution in [2.75, 3.05) is 66.7 Å². The Morgan fingerprint density at radius 2 is 1.62 bits per heavy atom. The number of hydrogen-bond acceptors (Lipinski definition) is 6. The summed E-state index contributed by atoms with van der Waals surface area (Å²) in [5, 5.41) is 3.08. The summed E-state index contributed by atoms with van der Waals surface area (Å²) in [6.07, 6.45) is -7.12. The van der Waals surface area contributed by atoms with Crippen molar-refractivity contribution < 1.29 is 49.8 Å². The van der Waals surface area contributed by atoms with Crippen molar-refractivity contribution in [3.05, 3.63) is 106 Å². The van der Waals surface area contributed by atoms with Gasteiger partial charge < -0.3 is 29.5 Å². The van der Waals surface area contributed by atoms with Crippen LogP contribution in [0, 0.1) is 5.82 Å². The fourth-order valence-electron chi connectivity index (χ4n) is 8.19. The molecule has 2 heterocycles. The average molecular weight is 779 g/mol. The molecule has 15 heteroatoms. The van der Waals surface area contributed by atoms with Gasteiger partial charge in [-0.2, -0.15) is 26.3 Å². The van der Waals surface area contributed by atoms with Crippen LogP contribution in [0.1, 0.15) is 63.9 Å². The van der Waals surface area contributed by atoms with E-state index in [9.17, 15) is 40.3 Å². The number of likely N-dealkylation sites (N-methyl/N-ethyl adjacent to an activating group) is 1. The van der Waals surface area contributed by atoms with Gasteiger partial charge in [0.15, 0.2) is 0 Å². The Hall–Kier alpha value is -4.05. The highest BCUT2D eigenvalue weighted by atomic mass is 19.4. The SMILES string of the molecule is CNCCCN(C)C(=O)CO[C@H]1Cc2ccccc2C12CCN(CC[C@@]1(c3ccc(F)cc3)CN(C(=O)c3cc(C(F)(F)F)cc(C(F)(F)F)c3)CO1)CC2.